The van der Waals surface area contributed by atoms with Crippen molar-refractivity contribution in [1.82, 2.24) is 20.4 Å². The molecule has 38 heavy (non-hydrogen) atoms. The van der Waals surface area contributed by atoms with E-state index in [0.717, 1.165) is 71.6 Å². The Morgan fingerprint density at radius 2 is 1.45 bits per heavy atom. The third kappa shape index (κ3) is 8.57. The maximum Gasteiger partial charge on any atom is 0.234 e. The van der Waals surface area contributed by atoms with Crippen LogP contribution in [0.25, 0.3) is 10.8 Å². The Kier molecular flexibility index (Phi) is 13.3. The molecule has 2 saturated heterocycles. The van der Waals surface area contributed by atoms with Gasteiger partial charge in [0.1, 0.15) is 0 Å². The molecular formula is C30H41Cl3N4O. The number of piperidine rings is 1. The van der Waals surface area contributed by atoms with E-state index in [1.165, 1.54) is 21.9 Å². The van der Waals surface area contributed by atoms with Gasteiger partial charge < -0.3 is 10.6 Å². The van der Waals surface area contributed by atoms with Gasteiger partial charge in [-0.1, -0.05) is 72.8 Å². The number of piperazine rings is 1. The first-order chi connectivity index (χ1) is 17.2. The summed E-state index contributed by atoms with van der Waals surface area (Å²) in [4.78, 5) is 17.7. The molecule has 2 N–H and O–H groups in total. The summed E-state index contributed by atoms with van der Waals surface area (Å²) in [6, 6.07) is 26.1. The van der Waals surface area contributed by atoms with Crippen LogP contribution in [0.3, 0.4) is 0 Å². The van der Waals surface area contributed by atoms with Gasteiger partial charge >= 0.3 is 0 Å². The number of carbonyl (C=O) groups is 1. The second-order valence-corrected chi connectivity index (χ2v) is 10.4. The number of likely N-dealkylation sites (tertiary alicyclic amines) is 1. The summed E-state index contributed by atoms with van der Waals surface area (Å²) >= 11 is 0. The minimum Gasteiger partial charge on any atom is -0.354 e. The molecule has 2 aliphatic rings. The molecule has 0 atom stereocenters. The summed E-state index contributed by atoms with van der Waals surface area (Å²) in [7, 11) is 0. The highest BCUT2D eigenvalue weighted by molar-refractivity contribution is 5.86. The van der Waals surface area contributed by atoms with Gasteiger partial charge in [0, 0.05) is 39.3 Å². The van der Waals surface area contributed by atoms with Crippen molar-refractivity contribution >= 4 is 53.9 Å². The highest BCUT2D eigenvalue weighted by atomic mass is 35.5. The lowest BCUT2D eigenvalue weighted by atomic mass is 9.73. The van der Waals surface area contributed by atoms with E-state index in [1.54, 1.807) is 0 Å². The van der Waals surface area contributed by atoms with E-state index in [1.807, 2.05) is 0 Å². The van der Waals surface area contributed by atoms with E-state index in [2.05, 4.69) is 93.2 Å². The molecule has 1 amide bonds. The van der Waals surface area contributed by atoms with Crippen molar-refractivity contribution in [2.24, 2.45) is 5.41 Å². The van der Waals surface area contributed by atoms with E-state index < -0.39 is 0 Å². The standard InChI is InChI=1S/C30H38N4O.3ClH/c35-29(23-34-19-15-31-16-20-34)32-24-30(21-27-11-6-10-26-9-4-5-12-28(26)27)13-17-33(18-14-30)22-25-7-2-1-3-8-25;;;/h1-12,31H,13-24H2,(H,32,35);3*1H. The van der Waals surface area contributed by atoms with Crippen molar-refractivity contribution < 1.29 is 4.79 Å². The molecule has 208 valence electrons. The largest absolute Gasteiger partial charge is 0.354 e. The van der Waals surface area contributed by atoms with E-state index >= 15 is 0 Å². The third-order valence-electron chi connectivity index (χ3n) is 7.85. The number of hydrogen-bond acceptors (Lipinski definition) is 4. The van der Waals surface area contributed by atoms with Crippen LogP contribution in [0.15, 0.2) is 72.8 Å². The van der Waals surface area contributed by atoms with Crippen LogP contribution < -0.4 is 10.6 Å². The zero-order chi connectivity index (χ0) is 23.9. The first-order valence-electron chi connectivity index (χ1n) is 13.1. The number of carbonyl (C=O) groups excluding carboxylic acids is 1. The maximum atomic E-state index is 12.9. The number of fused-ring (bicyclic) bond motifs is 1. The minimum atomic E-state index is 0. The van der Waals surface area contributed by atoms with Gasteiger partial charge in [-0.2, -0.15) is 0 Å². The third-order valence-corrected chi connectivity index (χ3v) is 7.85. The Morgan fingerprint density at radius 3 is 2.18 bits per heavy atom. The highest BCUT2D eigenvalue weighted by Gasteiger charge is 2.35. The summed E-state index contributed by atoms with van der Waals surface area (Å²) in [6.45, 7) is 8.21. The smallest absolute Gasteiger partial charge is 0.234 e. The summed E-state index contributed by atoms with van der Waals surface area (Å²) in [5.74, 6) is 0.163. The second-order valence-electron chi connectivity index (χ2n) is 10.4. The monoisotopic (exact) mass is 578 g/mol. The number of nitrogens with zero attached hydrogens (tertiary/aromatic N) is 2. The molecule has 3 aromatic rings. The number of hydrogen-bond donors (Lipinski definition) is 2. The van der Waals surface area contributed by atoms with Crippen LogP contribution >= 0.6 is 37.2 Å². The zero-order valence-corrected chi connectivity index (χ0v) is 24.4. The van der Waals surface area contributed by atoms with E-state index in [9.17, 15) is 4.79 Å². The van der Waals surface area contributed by atoms with Crippen molar-refractivity contribution in [1.29, 1.82) is 0 Å². The second kappa shape index (κ2) is 15.7. The number of rotatable bonds is 8. The van der Waals surface area contributed by atoms with E-state index in [0.29, 0.717) is 6.54 Å². The van der Waals surface area contributed by atoms with Crippen LogP contribution in [0.5, 0.6) is 0 Å². The van der Waals surface area contributed by atoms with Crippen molar-refractivity contribution in [3.8, 4) is 0 Å². The molecule has 0 aliphatic carbocycles. The van der Waals surface area contributed by atoms with E-state index in [4.69, 9.17) is 0 Å². The molecule has 0 bridgehead atoms. The number of benzene rings is 3. The highest BCUT2D eigenvalue weighted by Crippen LogP contribution is 2.37. The SMILES string of the molecule is Cl.Cl.Cl.O=C(CN1CCNCC1)NCC1(Cc2cccc3ccccc23)CCN(Cc2ccccc2)CC1. The van der Waals surface area contributed by atoms with Crippen LogP contribution in [0.4, 0.5) is 0 Å². The molecule has 5 rings (SSSR count). The van der Waals surface area contributed by atoms with Gasteiger partial charge in [0.15, 0.2) is 0 Å². The molecule has 5 nitrogen and oxygen atoms in total. The fourth-order valence-corrected chi connectivity index (χ4v) is 5.71. The van der Waals surface area contributed by atoms with Gasteiger partial charge in [-0.25, -0.2) is 0 Å². The summed E-state index contributed by atoms with van der Waals surface area (Å²) in [5, 5.41) is 9.35. The molecule has 0 unspecified atom stereocenters. The average molecular weight is 580 g/mol. The Bertz CT molecular complexity index is 1110. The summed E-state index contributed by atoms with van der Waals surface area (Å²) < 4.78 is 0. The lowest BCUT2D eigenvalue weighted by Gasteiger charge is -2.42. The Hall–Kier alpha value is -1.86. The van der Waals surface area contributed by atoms with Crippen LogP contribution in [-0.2, 0) is 17.8 Å². The molecular weight excluding hydrogens is 539 g/mol. The van der Waals surface area contributed by atoms with Crippen molar-refractivity contribution in [2.45, 2.75) is 25.8 Å². The van der Waals surface area contributed by atoms with Gasteiger partial charge in [-0.05, 0) is 59.7 Å². The predicted molar refractivity (Wildman–Crippen MR) is 165 cm³/mol. The lowest BCUT2D eigenvalue weighted by molar-refractivity contribution is -0.123. The topological polar surface area (TPSA) is 47.6 Å². The Balaban J connectivity index is 0.00000169. The van der Waals surface area contributed by atoms with Crippen LogP contribution in [0.1, 0.15) is 24.0 Å². The van der Waals surface area contributed by atoms with Gasteiger partial charge in [0.05, 0.1) is 6.54 Å². The molecule has 0 radical (unpaired) electrons. The quantitative estimate of drug-likeness (QED) is 0.396. The summed E-state index contributed by atoms with van der Waals surface area (Å²) in [5.41, 5.74) is 2.85. The molecule has 0 saturated carbocycles. The van der Waals surface area contributed by atoms with E-state index in [-0.39, 0.29) is 48.5 Å². The number of amides is 1. The molecule has 3 aromatic carbocycles. The first-order valence-corrected chi connectivity index (χ1v) is 13.1. The molecule has 2 fully saturated rings. The van der Waals surface area contributed by atoms with Gasteiger partial charge in [-0.15, -0.1) is 37.2 Å². The van der Waals surface area contributed by atoms with Gasteiger partial charge in [0.25, 0.3) is 0 Å². The predicted octanol–water partition coefficient (Wildman–Crippen LogP) is 4.95. The van der Waals surface area contributed by atoms with Gasteiger partial charge in [0.2, 0.25) is 5.91 Å². The van der Waals surface area contributed by atoms with Crippen molar-refractivity contribution in [2.75, 3.05) is 52.4 Å². The molecule has 8 heteroatoms. The fraction of sp³-hybridized carbons (Fsp3) is 0.433. The molecule has 2 aliphatic heterocycles. The fourth-order valence-electron chi connectivity index (χ4n) is 5.71. The number of halogens is 3. The minimum absolute atomic E-state index is 0. The molecule has 0 aromatic heterocycles. The molecule has 0 spiro atoms. The zero-order valence-electron chi connectivity index (χ0n) is 21.9. The average Bonchev–Trinajstić information content (AvgIpc) is 2.90. The first kappa shape index (κ1) is 32.4. The van der Waals surface area contributed by atoms with Crippen molar-refractivity contribution in [3.63, 3.8) is 0 Å². The maximum absolute atomic E-state index is 12.9. The van der Waals surface area contributed by atoms with Crippen LogP contribution in [0.2, 0.25) is 0 Å². The van der Waals surface area contributed by atoms with Gasteiger partial charge in [-0.3, -0.25) is 14.6 Å². The van der Waals surface area contributed by atoms with Crippen LogP contribution in [0, 0.1) is 5.41 Å². The van der Waals surface area contributed by atoms with Crippen molar-refractivity contribution in [3.05, 3.63) is 83.9 Å². The molecule has 2 heterocycles. The Labute approximate surface area is 246 Å². The lowest BCUT2D eigenvalue weighted by Crippen LogP contribution is -2.50. The summed E-state index contributed by atoms with van der Waals surface area (Å²) in [6.07, 6.45) is 3.19. The van der Waals surface area contributed by atoms with Crippen LogP contribution in [-0.4, -0.2) is 68.1 Å². The Morgan fingerprint density at radius 1 is 0.789 bits per heavy atom. The number of nitrogens with one attached hydrogen (secondary N) is 2. The normalized spacial score (nSPS) is 17.5.